The molecule has 0 radical (unpaired) electrons. The molecule has 0 unspecified atom stereocenters. The summed E-state index contributed by atoms with van der Waals surface area (Å²) in [7, 11) is 0. The van der Waals surface area contributed by atoms with Gasteiger partial charge in [0.2, 0.25) is 0 Å². The molecular formula is C22H22ClN. The van der Waals surface area contributed by atoms with Gasteiger partial charge in [-0.2, -0.15) is 0 Å². The Hall–Kier alpha value is -1.99. The number of hydrogen-bond donors (Lipinski definition) is 0. The lowest BCUT2D eigenvalue weighted by Gasteiger charge is -2.26. The smallest absolute Gasteiger partial charge is 0.0562 e. The van der Waals surface area contributed by atoms with Crippen molar-refractivity contribution in [2.24, 2.45) is 0 Å². The third-order valence-corrected chi connectivity index (χ3v) is 5.30. The van der Waals surface area contributed by atoms with Crippen LogP contribution in [0.15, 0.2) is 66.9 Å². The standard InChI is InChI=1S/C22H22ClN/c23-19-11-7-10-18(16-19)21-14-15-24(20-12-5-2-6-13-20)22(21)17-8-3-1-4-9-17/h1,3-4,7-11,14-16,20H,2,5-6,12-13H2. The first-order chi connectivity index (χ1) is 11.8. The quantitative estimate of drug-likeness (QED) is 0.486. The Kier molecular flexibility index (Phi) is 4.44. The molecule has 1 heterocycles. The third-order valence-electron chi connectivity index (χ3n) is 5.07. The zero-order valence-corrected chi connectivity index (χ0v) is 14.5. The Morgan fingerprint density at radius 1 is 0.792 bits per heavy atom. The number of benzene rings is 2. The molecule has 0 bridgehead atoms. The minimum atomic E-state index is 0.613. The highest BCUT2D eigenvalue weighted by Gasteiger charge is 2.21. The highest BCUT2D eigenvalue weighted by atomic mass is 35.5. The second-order valence-corrected chi connectivity index (χ2v) is 7.09. The maximum absolute atomic E-state index is 6.24. The van der Waals surface area contributed by atoms with Crippen LogP contribution in [0, 0.1) is 0 Å². The van der Waals surface area contributed by atoms with E-state index in [1.54, 1.807) is 0 Å². The SMILES string of the molecule is Clc1cccc(-c2ccn(C3CCCCC3)c2-c2ccccc2)c1. The topological polar surface area (TPSA) is 4.93 Å². The largest absolute Gasteiger partial charge is 0.344 e. The summed E-state index contributed by atoms with van der Waals surface area (Å²) in [4.78, 5) is 0. The lowest BCUT2D eigenvalue weighted by atomic mass is 9.94. The van der Waals surface area contributed by atoms with Gasteiger partial charge in [0.25, 0.3) is 0 Å². The molecular weight excluding hydrogens is 314 g/mol. The van der Waals surface area contributed by atoms with Crippen molar-refractivity contribution in [2.45, 2.75) is 38.1 Å². The number of halogens is 1. The van der Waals surface area contributed by atoms with E-state index in [-0.39, 0.29) is 0 Å². The van der Waals surface area contributed by atoms with Gasteiger partial charge in [-0.25, -0.2) is 0 Å². The summed E-state index contributed by atoms with van der Waals surface area (Å²) < 4.78 is 2.50. The Labute approximate surface area is 148 Å². The van der Waals surface area contributed by atoms with Crippen LogP contribution in [0.1, 0.15) is 38.1 Å². The molecule has 1 nitrogen and oxygen atoms in total. The van der Waals surface area contributed by atoms with Crippen molar-refractivity contribution >= 4 is 11.6 Å². The molecule has 1 aromatic heterocycles. The van der Waals surface area contributed by atoms with Gasteiger partial charge < -0.3 is 4.57 Å². The number of hydrogen-bond acceptors (Lipinski definition) is 0. The fourth-order valence-electron chi connectivity index (χ4n) is 3.90. The summed E-state index contributed by atoms with van der Waals surface area (Å²) in [6, 6.07) is 21.8. The first kappa shape index (κ1) is 15.5. The van der Waals surface area contributed by atoms with E-state index in [9.17, 15) is 0 Å². The van der Waals surface area contributed by atoms with E-state index >= 15 is 0 Å². The maximum Gasteiger partial charge on any atom is 0.0562 e. The minimum absolute atomic E-state index is 0.613. The Morgan fingerprint density at radius 3 is 2.29 bits per heavy atom. The normalized spacial score (nSPS) is 15.5. The molecule has 1 fully saturated rings. The second-order valence-electron chi connectivity index (χ2n) is 6.65. The molecule has 122 valence electrons. The second kappa shape index (κ2) is 6.86. The molecule has 2 aromatic carbocycles. The molecule has 0 N–H and O–H groups in total. The number of nitrogens with zero attached hydrogens (tertiary/aromatic N) is 1. The van der Waals surface area contributed by atoms with Gasteiger partial charge in [-0.1, -0.05) is 73.3 Å². The average molecular weight is 336 g/mol. The molecule has 0 amide bonds. The zero-order chi connectivity index (χ0) is 16.4. The minimum Gasteiger partial charge on any atom is -0.344 e. The first-order valence-electron chi connectivity index (χ1n) is 8.85. The van der Waals surface area contributed by atoms with Crippen LogP contribution >= 0.6 is 11.6 Å². The van der Waals surface area contributed by atoms with E-state index < -0.39 is 0 Å². The van der Waals surface area contributed by atoms with Gasteiger partial charge >= 0.3 is 0 Å². The van der Waals surface area contributed by atoms with E-state index in [0.717, 1.165) is 5.02 Å². The predicted molar refractivity (Wildman–Crippen MR) is 102 cm³/mol. The van der Waals surface area contributed by atoms with Crippen molar-refractivity contribution in [1.82, 2.24) is 4.57 Å². The monoisotopic (exact) mass is 335 g/mol. The molecule has 0 aliphatic heterocycles. The number of aromatic nitrogens is 1. The summed E-state index contributed by atoms with van der Waals surface area (Å²) in [6.07, 6.45) is 8.88. The van der Waals surface area contributed by atoms with Gasteiger partial charge in [-0.05, 0) is 42.2 Å². The van der Waals surface area contributed by atoms with Crippen LogP contribution in [0.2, 0.25) is 5.02 Å². The fraction of sp³-hybridized carbons (Fsp3) is 0.273. The van der Waals surface area contributed by atoms with Crippen molar-refractivity contribution in [3.63, 3.8) is 0 Å². The summed E-state index contributed by atoms with van der Waals surface area (Å²) >= 11 is 6.24. The molecule has 4 rings (SSSR count). The number of rotatable bonds is 3. The summed E-state index contributed by atoms with van der Waals surface area (Å²) in [5.41, 5.74) is 5.07. The molecule has 0 spiro atoms. The molecule has 0 atom stereocenters. The van der Waals surface area contributed by atoms with Crippen LogP contribution in [0.4, 0.5) is 0 Å². The van der Waals surface area contributed by atoms with Crippen LogP contribution in [-0.4, -0.2) is 4.57 Å². The summed E-state index contributed by atoms with van der Waals surface area (Å²) in [5, 5.41) is 0.789. The zero-order valence-electron chi connectivity index (χ0n) is 13.8. The van der Waals surface area contributed by atoms with Gasteiger partial charge in [-0.15, -0.1) is 0 Å². The molecule has 1 aliphatic carbocycles. The van der Waals surface area contributed by atoms with Crippen molar-refractivity contribution in [3.8, 4) is 22.4 Å². The van der Waals surface area contributed by atoms with Gasteiger partial charge in [-0.3, -0.25) is 0 Å². The van der Waals surface area contributed by atoms with E-state index in [0.29, 0.717) is 6.04 Å². The first-order valence-corrected chi connectivity index (χ1v) is 9.23. The van der Waals surface area contributed by atoms with Gasteiger partial charge in [0.15, 0.2) is 0 Å². The summed E-state index contributed by atoms with van der Waals surface area (Å²) in [5.74, 6) is 0. The third kappa shape index (κ3) is 3.01. The lowest BCUT2D eigenvalue weighted by molar-refractivity contribution is 0.356. The lowest BCUT2D eigenvalue weighted by Crippen LogP contribution is -2.13. The molecule has 24 heavy (non-hydrogen) atoms. The van der Waals surface area contributed by atoms with Crippen LogP contribution in [-0.2, 0) is 0 Å². The average Bonchev–Trinajstić information content (AvgIpc) is 3.08. The molecule has 0 saturated heterocycles. The fourth-order valence-corrected chi connectivity index (χ4v) is 4.09. The van der Waals surface area contributed by atoms with Crippen molar-refractivity contribution in [3.05, 3.63) is 71.9 Å². The molecule has 1 aliphatic rings. The van der Waals surface area contributed by atoms with Gasteiger partial charge in [0, 0.05) is 22.8 Å². The Bertz CT molecular complexity index is 813. The van der Waals surface area contributed by atoms with E-state index in [4.69, 9.17) is 11.6 Å². The molecule has 3 aromatic rings. The van der Waals surface area contributed by atoms with E-state index in [2.05, 4.69) is 59.3 Å². The van der Waals surface area contributed by atoms with Gasteiger partial charge in [0.1, 0.15) is 0 Å². The molecule has 1 saturated carbocycles. The van der Waals surface area contributed by atoms with Crippen LogP contribution in [0.3, 0.4) is 0 Å². The predicted octanol–water partition coefficient (Wildman–Crippen LogP) is 6.98. The van der Waals surface area contributed by atoms with Crippen LogP contribution in [0.25, 0.3) is 22.4 Å². The highest BCUT2D eigenvalue weighted by molar-refractivity contribution is 6.30. The Balaban J connectivity index is 1.86. The highest BCUT2D eigenvalue weighted by Crippen LogP contribution is 2.39. The maximum atomic E-state index is 6.24. The van der Waals surface area contributed by atoms with Crippen LogP contribution < -0.4 is 0 Å². The van der Waals surface area contributed by atoms with Crippen molar-refractivity contribution in [2.75, 3.05) is 0 Å². The van der Waals surface area contributed by atoms with E-state index in [1.165, 1.54) is 54.5 Å². The van der Waals surface area contributed by atoms with E-state index in [1.807, 2.05) is 12.1 Å². The van der Waals surface area contributed by atoms with Gasteiger partial charge in [0.05, 0.1) is 5.69 Å². The van der Waals surface area contributed by atoms with Crippen molar-refractivity contribution in [1.29, 1.82) is 0 Å². The van der Waals surface area contributed by atoms with Crippen LogP contribution in [0.5, 0.6) is 0 Å². The van der Waals surface area contributed by atoms with Crippen molar-refractivity contribution < 1.29 is 0 Å². The molecule has 2 heteroatoms. The Morgan fingerprint density at radius 2 is 1.54 bits per heavy atom. The summed E-state index contributed by atoms with van der Waals surface area (Å²) in [6.45, 7) is 0.